The highest BCUT2D eigenvalue weighted by Gasteiger charge is 2.24. The average Bonchev–Trinajstić information content (AvgIpc) is 1.79. The number of nitrogens with zero attached hydrogens (tertiary/aromatic N) is 1. The molecule has 0 spiro atoms. The summed E-state index contributed by atoms with van der Waals surface area (Å²) in [6.07, 6.45) is 0. The van der Waals surface area contributed by atoms with Crippen LogP contribution in [-0.2, 0) is 4.79 Å². The van der Waals surface area contributed by atoms with Gasteiger partial charge in [0.2, 0.25) is 0 Å². The molecule has 0 rings (SSSR count). The summed E-state index contributed by atoms with van der Waals surface area (Å²) in [6, 6.07) is 0. The Labute approximate surface area is 76.2 Å². The lowest BCUT2D eigenvalue weighted by Gasteiger charge is -2.29. The van der Waals surface area contributed by atoms with E-state index in [4.69, 9.17) is 0 Å². The van der Waals surface area contributed by atoms with Gasteiger partial charge in [0, 0.05) is 0 Å². The second-order valence-electron chi connectivity index (χ2n) is 4.93. The van der Waals surface area contributed by atoms with E-state index in [9.17, 15) is 4.79 Å². The van der Waals surface area contributed by atoms with Gasteiger partial charge in [-0.1, -0.05) is 13.8 Å². The van der Waals surface area contributed by atoms with Crippen molar-refractivity contribution in [2.24, 2.45) is 11.8 Å². The van der Waals surface area contributed by atoms with Crippen LogP contribution in [0.15, 0.2) is 0 Å². The fraction of sp³-hybridized carbons (Fsp3) is 0.900. The van der Waals surface area contributed by atoms with Crippen molar-refractivity contribution in [1.82, 2.24) is 0 Å². The van der Waals surface area contributed by atoms with Gasteiger partial charge in [-0.05, 0) is 12.8 Å². The maximum Gasteiger partial charge on any atom is 0.138 e. The smallest absolute Gasteiger partial charge is 0.138 e. The highest BCUT2D eigenvalue weighted by molar-refractivity contribution is 5.78. The normalized spacial score (nSPS) is 14.9. The van der Waals surface area contributed by atoms with Crippen LogP contribution in [0.2, 0.25) is 0 Å². The standard InChI is InChI=1S/C10H22NO/c1-8(2)10(9(3)12)7-11(4,5)6/h8,10H,7H2,1-6H3/q+1. The predicted octanol–water partition coefficient (Wildman–Crippen LogP) is 1.55. The van der Waals surface area contributed by atoms with Gasteiger partial charge < -0.3 is 4.48 Å². The highest BCUT2D eigenvalue weighted by atomic mass is 16.1. The maximum atomic E-state index is 11.3. The van der Waals surface area contributed by atoms with Crippen LogP contribution < -0.4 is 0 Å². The number of carbonyl (C=O) groups excluding carboxylic acids is 1. The molecule has 0 N–H and O–H groups in total. The summed E-state index contributed by atoms with van der Waals surface area (Å²) in [5.74, 6) is 0.989. The molecule has 0 amide bonds. The number of hydrogen-bond donors (Lipinski definition) is 0. The van der Waals surface area contributed by atoms with Crippen LogP contribution in [0.1, 0.15) is 20.8 Å². The summed E-state index contributed by atoms with van der Waals surface area (Å²) in [5, 5.41) is 0. The second kappa shape index (κ2) is 4.04. The van der Waals surface area contributed by atoms with Crippen molar-refractivity contribution in [3.05, 3.63) is 0 Å². The van der Waals surface area contributed by atoms with E-state index < -0.39 is 0 Å². The molecular formula is C10H22NO+. The molecule has 0 heterocycles. The van der Waals surface area contributed by atoms with Gasteiger partial charge in [0.05, 0.1) is 33.6 Å². The maximum absolute atomic E-state index is 11.3. The molecule has 12 heavy (non-hydrogen) atoms. The van der Waals surface area contributed by atoms with E-state index in [1.54, 1.807) is 6.92 Å². The third-order valence-corrected chi connectivity index (χ3v) is 2.07. The molecule has 1 atom stereocenters. The van der Waals surface area contributed by atoms with Gasteiger partial charge in [-0.25, -0.2) is 0 Å². The van der Waals surface area contributed by atoms with Crippen LogP contribution >= 0.6 is 0 Å². The Hall–Kier alpha value is -0.370. The minimum absolute atomic E-state index is 0.213. The fourth-order valence-electron chi connectivity index (χ4n) is 1.40. The van der Waals surface area contributed by atoms with Crippen molar-refractivity contribution in [3.63, 3.8) is 0 Å². The van der Waals surface area contributed by atoms with Crippen LogP contribution in [0.25, 0.3) is 0 Å². The molecule has 2 heteroatoms. The lowest BCUT2D eigenvalue weighted by molar-refractivity contribution is -0.873. The first-order chi connectivity index (χ1) is 5.24. The number of quaternary nitrogens is 1. The molecule has 0 fully saturated rings. The largest absolute Gasteiger partial charge is 0.330 e. The van der Waals surface area contributed by atoms with E-state index in [0.29, 0.717) is 11.7 Å². The number of carbonyl (C=O) groups is 1. The number of hydrogen-bond acceptors (Lipinski definition) is 1. The first-order valence-corrected chi connectivity index (χ1v) is 4.55. The monoisotopic (exact) mass is 172 g/mol. The van der Waals surface area contributed by atoms with Gasteiger partial charge in [0.1, 0.15) is 5.78 Å². The first kappa shape index (κ1) is 11.6. The van der Waals surface area contributed by atoms with Crippen molar-refractivity contribution >= 4 is 5.78 Å². The zero-order chi connectivity index (χ0) is 9.94. The Morgan fingerprint density at radius 2 is 1.67 bits per heavy atom. The summed E-state index contributed by atoms with van der Waals surface area (Å²) < 4.78 is 0.864. The van der Waals surface area contributed by atoms with Crippen molar-refractivity contribution in [2.75, 3.05) is 27.7 Å². The third-order valence-electron chi connectivity index (χ3n) is 2.07. The topological polar surface area (TPSA) is 17.1 Å². The summed E-state index contributed by atoms with van der Waals surface area (Å²) in [5.41, 5.74) is 0. The summed E-state index contributed by atoms with van der Waals surface area (Å²) >= 11 is 0. The molecule has 0 aliphatic rings. The van der Waals surface area contributed by atoms with Gasteiger partial charge in [-0.2, -0.15) is 0 Å². The molecule has 0 aliphatic carbocycles. The van der Waals surface area contributed by atoms with E-state index in [-0.39, 0.29) is 5.92 Å². The number of ketones is 1. The summed E-state index contributed by atoms with van der Waals surface area (Å²) in [7, 11) is 6.37. The molecular weight excluding hydrogens is 150 g/mol. The van der Waals surface area contributed by atoms with E-state index in [0.717, 1.165) is 11.0 Å². The van der Waals surface area contributed by atoms with Crippen molar-refractivity contribution in [1.29, 1.82) is 0 Å². The molecule has 0 saturated heterocycles. The average molecular weight is 172 g/mol. The Kier molecular flexibility index (Phi) is 3.91. The predicted molar refractivity (Wildman–Crippen MR) is 51.9 cm³/mol. The van der Waals surface area contributed by atoms with Crippen LogP contribution in [0.5, 0.6) is 0 Å². The van der Waals surface area contributed by atoms with Crippen LogP contribution in [0.3, 0.4) is 0 Å². The molecule has 0 aromatic carbocycles. The molecule has 0 aromatic heterocycles. The fourth-order valence-corrected chi connectivity index (χ4v) is 1.40. The van der Waals surface area contributed by atoms with Crippen molar-refractivity contribution in [3.8, 4) is 0 Å². The molecule has 72 valence electrons. The molecule has 2 nitrogen and oxygen atoms in total. The molecule has 0 aromatic rings. The van der Waals surface area contributed by atoms with E-state index >= 15 is 0 Å². The van der Waals surface area contributed by atoms with Gasteiger partial charge in [-0.3, -0.25) is 4.79 Å². The van der Waals surface area contributed by atoms with E-state index in [1.165, 1.54) is 0 Å². The zero-order valence-corrected chi connectivity index (χ0v) is 9.22. The van der Waals surface area contributed by atoms with Gasteiger partial charge in [0.15, 0.2) is 0 Å². The number of Topliss-reactive ketones (excluding diaryl/α,β-unsaturated/α-hetero) is 1. The van der Waals surface area contributed by atoms with Gasteiger partial charge >= 0.3 is 0 Å². The molecule has 0 aliphatic heterocycles. The summed E-state index contributed by atoms with van der Waals surface area (Å²) in [4.78, 5) is 11.3. The highest BCUT2D eigenvalue weighted by Crippen LogP contribution is 2.14. The SMILES string of the molecule is CC(=O)C(C[N+](C)(C)C)C(C)C. The first-order valence-electron chi connectivity index (χ1n) is 4.55. The van der Waals surface area contributed by atoms with Crippen LogP contribution in [0.4, 0.5) is 0 Å². The molecule has 1 unspecified atom stereocenters. The summed E-state index contributed by atoms with van der Waals surface area (Å²) in [6.45, 7) is 6.86. The Balaban J connectivity index is 4.25. The Morgan fingerprint density at radius 1 is 1.25 bits per heavy atom. The zero-order valence-electron chi connectivity index (χ0n) is 9.22. The second-order valence-corrected chi connectivity index (χ2v) is 4.93. The quantitative estimate of drug-likeness (QED) is 0.588. The number of rotatable bonds is 4. The Morgan fingerprint density at radius 3 is 1.75 bits per heavy atom. The van der Waals surface area contributed by atoms with Crippen molar-refractivity contribution < 1.29 is 9.28 Å². The lowest BCUT2D eigenvalue weighted by atomic mass is 9.91. The van der Waals surface area contributed by atoms with Crippen LogP contribution in [0, 0.1) is 11.8 Å². The molecule has 0 radical (unpaired) electrons. The Bertz CT molecular complexity index is 156. The minimum Gasteiger partial charge on any atom is -0.330 e. The minimum atomic E-state index is 0.213. The van der Waals surface area contributed by atoms with E-state index in [2.05, 4.69) is 35.0 Å². The molecule has 0 bridgehead atoms. The van der Waals surface area contributed by atoms with Gasteiger partial charge in [-0.15, -0.1) is 0 Å². The van der Waals surface area contributed by atoms with Crippen LogP contribution in [-0.4, -0.2) is 38.0 Å². The van der Waals surface area contributed by atoms with E-state index in [1.807, 2.05) is 0 Å². The molecule has 0 saturated carbocycles. The van der Waals surface area contributed by atoms with Crippen molar-refractivity contribution in [2.45, 2.75) is 20.8 Å². The lowest BCUT2D eigenvalue weighted by Crippen LogP contribution is -2.42. The third kappa shape index (κ3) is 4.50. The van der Waals surface area contributed by atoms with Gasteiger partial charge in [0.25, 0.3) is 0 Å².